The highest BCUT2D eigenvalue weighted by atomic mass is 14.7. The van der Waals surface area contributed by atoms with Crippen molar-refractivity contribution in [2.75, 3.05) is 0 Å². The fourth-order valence-corrected chi connectivity index (χ4v) is 3.87. The minimum atomic E-state index is 1.08. The lowest BCUT2D eigenvalue weighted by Gasteiger charge is -2.11. The molecule has 1 aliphatic rings. The molecule has 1 heterocycles. The first-order chi connectivity index (χ1) is 12.9. The maximum atomic E-state index is 3.38. The van der Waals surface area contributed by atoms with Crippen LogP contribution in [-0.4, -0.2) is 4.98 Å². The summed E-state index contributed by atoms with van der Waals surface area (Å²) >= 11 is 0. The summed E-state index contributed by atoms with van der Waals surface area (Å²) in [6.07, 6.45) is 5.53. The van der Waals surface area contributed by atoms with Crippen LogP contribution < -0.4 is 0 Å². The number of nitrogens with one attached hydrogen (secondary N) is 1. The van der Waals surface area contributed by atoms with Gasteiger partial charge in [0.25, 0.3) is 0 Å². The van der Waals surface area contributed by atoms with E-state index in [1.807, 2.05) is 0 Å². The number of hydrogen-bond acceptors (Lipinski definition) is 0. The topological polar surface area (TPSA) is 15.8 Å². The van der Waals surface area contributed by atoms with E-state index in [4.69, 9.17) is 0 Å². The first-order valence-corrected chi connectivity index (χ1v) is 9.03. The van der Waals surface area contributed by atoms with E-state index in [1.165, 1.54) is 43.7 Å². The highest BCUT2D eigenvalue weighted by Crippen LogP contribution is 2.28. The Kier molecular flexibility index (Phi) is 3.57. The molecule has 0 saturated heterocycles. The highest BCUT2D eigenvalue weighted by molar-refractivity contribution is 6.07. The number of aromatic nitrogens is 1. The Balaban J connectivity index is 0.000000115. The highest BCUT2D eigenvalue weighted by Gasteiger charge is 2.06. The summed E-state index contributed by atoms with van der Waals surface area (Å²) < 4.78 is 0. The number of hydrogen-bond donors (Lipinski definition) is 1. The first kappa shape index (κ1) is 15.0. The van der Waals surface area contributed by atoms with Crippen molar-refractivity contribution in [3.63, 3.8) is 0 Å². The van der Waals surface area contributed by atoms with Gasteiger partial charge in [-0.05, 0) is 40.5 Å². The van der Waals surface area contributed by atoms with Gasteiger partial charge in [-0.25, -0.2) is 0 Å². The standard InChI is InChI=1S/C13H10.C12H9N/c1-4-10-6-2-8-12-9-3-7-11(5-1)13(10)12;1-3-7-11-9(5-1)10-6-2-4-8-12(10)13-11/h1-8H,9H2;1-8,13H. The van der Waals surface area contributed by atoms with Crippen molar-refractivity contribution < 1.29 is 0 Å². The third-order valence-electron chi connectivity index (χ3n) is 5.07. The zero-order valence-electron chi connectivity index (χ0n) is 14.4. The molecule has 0 aliphatic heterocycles. The zero-order chi connectivity index (χ0) is 17.3. The largest absolute Gasteiger partial charge is 0.355 e. The van der Waals surface area contributed by atoms with Gasteiger partial charge in [-0.3, -0.25) is 0 Å². The van der Waals surface area contributed by atoms with E-state index in [0.29, 0.717) is 0 Å². The lowest BCUT2D eigenvalue weighted by atomic mass is 9.93. The normalized spacial score (nSPS) is 12.3. The summed E-state index contributed by atoms with van der Waals surface area (Å²) in [5.74, 6) is 0. The van der Waals surface area contributed by atoms with Crippen LogP contribution in [0.4, 0.5) is 0 Å². The number of rotatable bonds is 0. The van der Waals surface area contributed by atoms with E-state index in [-0.39, 0.29) is 0 Å². The van der Waals surface area contributed by atoms with Gasteiger partial charge in [-0.15, -0.1) is 0 Å². The van der Waals surface area contributed by atoms with Crippen LogP contribution in [0.15, 0.2) is 91.0 Å². The fraction of sp³-hybridized carbons (Fsp3) is 0.0400. The molecule has 0 radical (unpaired) electrons. The van der Waals surface area contributed by atoms with Crippen LogP contribution in [0.5, 0.6) is 0 Å². The number of allylic oxidation sites excluding steroid dienone is 1. The number of H-pyrrole nitrogens is 1. The summed E-state index contributed by atoms with van der Waals surface area (Å²) in [5.41, 5.74) is 5.24. The Labute approximate surface area is 152 Å². The van der Waals surface area contributed by atoms with Crippen LogP contribution in [0.3, 0.4) is 0 Å². The summed E-state index contributed by atoms with van der Waals surface area (Å²) in [4.78, 5) is 3.38. The first-order valence-electron chi connectivity index (χ1n) is 9.03. The summed E-state index contributed by atoms with van der Waals surface area (Å²) in [6, 6.07) is 29.8. The Hall–Kier alpha value is -3.32. The summed E-state index contributed by atoms with van der Waals surface area (Å²) in [6.45, 7) is 0. The molecule has 0 saturated carbocycles. The lowest BCUT2D eigenvalue weighted by Crippen LogP contribution is -1.91. The molecule has 0 bridgehead atoms. The molecule has 5 aromatic rings. The molecule has 1 nitrogen and oxygen atoms in total. The Morgan fingerprint density at radius 3 is 2.00 bits per heavy atom. The molecule has 0 atom stereocenters. The van der Waals surface area contributed by atoms with E-state index >= 15 is 0 Å². The maximum Gasteiger partial charge on any atom is 0.0464 e. The molecule has 6 rings (SSSR count). The smallest absolute Gasteiger partial charge is 0.0464 e. The van der Waals surface area contributed by atoms with Crippen LogP contribution in [-0.2, 0) is 6.42 Å². The third kappa shape index (κ3) is 2.49. The maximum absolute atomic E-state index is 3.38. The molecule has 1 N–H and O–H groups in total. The van der Waals surface area contributed by atoms with E-state index in [2.05, 4.69) is 102 Å². The Morgan fingerprint density at radius 1 is 0.615 bits per heavy atom. The van der Waals surface area contributed by atoms with Crippen LogP contribution in [0.25, 0.3) is 38.7 Å². The quantitative estimate of drug-likeness (QED) is 0.323. The molecule has 1 heteroatoms. The van der Waals surface area contributed by atoms with Gasteiger partial charge in [-0.1, -0.05) is 84.9 Å². The monoisotopic (exact) mass is 333 g/mol. The molecule has 1 aromatic heterocycles. The van der Waals surface area contributed by atoms with Crippen LogP contribution in [0, 0.1) is 0 Å². The van der Waals surface area contributed by atoms with Gasteiger partial charge in [-0.2, -0.15) is 0 Å². The van der Waals surface area contributed by atoms with E-state index < -0.39 is 0 Å². The molecule has 0 amide bonds. The SMILES string of the molecule is C1=Cc2cccc3cccc(c23)C1.c1ccc2c(c1)[nH]c1ccccc12. The molecule has 26 heavy (non-hydrogen) atoms. The number of aromatic amines is 1. The number of para-hydroxylation sites is 2. The van der Waals surface area contributed by atoms with Crippen molar-refractivity contribution >= 4 is 38.7 Å². The second kappa shape index (κ2) is 6.20. The molecule has 0 unspecified atom stereocenters. The number of benzene rings is 4. The minimum Gasteiger partial charge on any atom is -0.355 e. The van der Waals surface area contributed by atoms with Gasteiger partial charge >= 0.3 is 0 Å². The van der Waals surface area contributed by atoms with Gasteiger partial charge in [0.15, 0.2) is 0 Å². The average molecular weight is 333 g/mol. The minimum absolute atomic E-state index is 1.08. The van der Waals surface area contributed by atoms with E-state index in [0.717, 1.165) is 6.42 Å². The predicted octanol–water partition coefficient (Wildman–Crippen LogP) is 6.73. The van der Waals surface area contributed by atoms with Crippen LogP contribution in [0.2, 0.25) is 0 Å². The van der Waals surface area contributed by atoms with Crippen molar-refractivity contribution in [1.82, 2.24) is 4.98 Å². The molecule has 124 valence electrons. The molecule has 0 fully saturated rings. The van der Waals surface area contributed by atoms with Crippen molar-refractivity contribution in [3.8, 4) is 0 Å². The summed E-state index contributed by atoms with van der Waals surface area (Å²) in [7, 11) is 0. The van der Waals surface area contributed by atoms with Crippen LogP contribution >= 0.6 is 0 Å². The Bertz CT molecular complexity index is 1200. The van der Waals surface area contributed by atoms with E-state index in [9.17, 15) is 0 Å². The molecule has 1 aliphatic carbocycles. The number of fused-ring (bicyclic) bond motifs is 3. The Morgan fingerprint density at radius 2 is 1.27 bits per heavy atom. The second-order valence-electron chi connectivity index (χ2n) is 6.69. The van der Waals surface area contributed by atoms with E-state index in [1.54, 1.807) is 0 Å². The van der Waals surface area contributed by atoms with Crippen molar-refractivity contribution in [2.45, 2.75) is 6.42 Å². The second-order valence-corrected chi connectivity index (χ2v) is 6.69. The van der Waals surface area contributed by atoms with Crippen molar-refractivity contribution in [2.24, 2.45) is 0 Å². The van der Waals surface area contributed by atoms with Crippen LogP contribution in [0.1, 0.15) is 11.1 Å². The van der Waals surface area contributed by atoms with Gasteiger partial charge in [0.2, 0.25) is 0 Å². The van der Waals surface area contributed by atoms with Gasteiger partial charge < -0.3 is 4.98 Å². The van der Waals surface area contributed by atoms with Crippen molar-refractivity contribution in [1.29, 1.82) is 0 Å². The lowest BCUT2D eigenvalue weighted by molar-refractivity contribution is 1.29. The van der Waals surface area contributed by atoms with Gasteiger partial charge in [0, 0.05) is 21.8 Å². The fourth-order valence-electron chi connectivity index (χ4n) is 3.87. The van der Waals surface area contributed by atoms with Crippen molar-refractivity contribution in [3.05, 3.63) is 102 Å². The third-order valence-corrected chi connectivity index (χ3v) is 5.07. The molecule has 4 aromatic carbocycles. The molecule has 0 spiro atoms. The molecular formula is C25H19N. The van der Waals surface area contributed by atoms with Gasteiger partial charge in [0.1, 0.15) is 0 Å². The average Bonchev–Trinajstić information content (AvgIpc) is 3.08. The summed E-state index contributed by atoms with van der Waals surface area (Å²) in [5, 5.41) is 5.41. The zero-order valence-corrected chi connectivity index (χ0v) is 14.4. The molecular weight excluding hydrogens is 314 g/mol. The van der Waals surface area contributed by atoms with Gasteiger partial charge in [0.05, 0.1) is 0 Å². The predicted molar refractivity (Wildman–Crippen MR) is 112 cm³/mol.